The van der Waals surface area contributed by atoms with Crippen LogP contribution in [0.5, 0.6) is 5.75 Å². The summed E-state index contributed by atoms with van der Waals surface area (Å²) in [6.07, 6.45) is 0. The second kappa shape index (κ2) is 5.35. The molecule has 0 amide bonds. The molecule has 0 saturated heterocycles. The number of rotatable bonds is 4. The van der Waals surface area contributed by atoms with Gasteiger partial charge in [-0.2, -0.15) is 0 Å². The van der Waals surface area contributed by atoms with Crippen molar-refractivity contribution in [2.24, 2.45) is 0 Å². The van der Waals surface area contributed by atoms with E-state index in [0.29, 0.717) is 11.5 Å². The molecule has 2 aromatic rings. The van der Waals surface area contributed by atoms with Crippen LogP contribution >= 0.6 is 0 Å². The number of hydrogen-bond donors (Lipinski definition) is 0. The first-order chi connectivity index (χ1) is 8.69. The van der Waals surface area contributed by atoms with Crippen molar-refractivity contribution in [3.63, 3.8) is 0 Å². The summed E-state index contributed by atoms with van der Waals surface area (Å²) < 4.78 is 15.0. The average molecular weight is 247 g/mol. The molecular formula is C13H13NO4. The molecule has 5 heteroatoms. The van der Waals surface area contributed by atoms with E-state index in [9.17, 15) is 4.79 Å². The molecule has 0 N–H and O–H groups in total. The SMILES string of the molecule is COc1ccc(-c2cc(COC(C)=O)on2)cc1. The summed E-state index contributed by atoms with van der Waals surface area (Å²) in [6, 6.07) is 9.19. The highest BCUT2D eigenvalue weighted by molar-refractivity contribution is 5.66. The molecule has 18 heavy (non-hydrogen) atoms. The summed E-state index contributed by atoms with van der Waals surface area (Å²) in [5, 5.41) is 3.91. The van der Waals surface area contributed by atoms with E-state index in [4.69, 9.17) is 14.0 Å². The number of carbonyl (C=O) groups excluding carboxylic acids is 1. The summed E-state index contributed by atoms with van der Waals surface area (Å²) >= 11 is 0. The number of carbonyl (C=O) groups is 1. The molecular weight excluding hydrogens is 234 g/mol. The molecule has 0 saturated carbocycles. The second-order valence-corrected chi connectivity index (χ2v) is 3.69. The largest absolute Gasteiger partial charge is 0.497 e. The third-order valence-electron chi connectivity index (χ3n) is 2.36. The first-order valence-electron chi connectivity index (χ1n) is 5.42. The molecule has 0 fully saturated rings. The van der Waals surface area contributed by atoms with Crippen LogP contribution in [-0.4, -0.2) is 18.2 Å². The molecule has 1 aromatic carbocycles. The molecule has 2 rings (SSSR count). The van der Waals surface area contributed by atoms with Gasteiger partial charge in [0.2, 0.25) is 0 Å². The van der Waals surface area contributed by atoms with E-state index in [2.05, 4.69) is 5.16 Å². The number of methoxy groups -OCH3 is 1. The van der Waals surface area contributed by atoms with Gasteiger partial charge in [-0.25, -0.2) is 0 Å². The molecule has 0 unspecified atom stereocenters. The monoisotopic (exact) mass is 247 g/mol. The maximum atomic E-state index is 10.7. The average Bonchev–Trinajstić information content (AvgIpc) is 2.85. The Morgan fingerprint density at radius 1 is 1.33 bits per heavy atom. The van der Waals surface area contributed by atoms with Crippen molar-refractivity contribution in [2.75, 3.05) is 7.11 Å². The van der Waals surface area contributed by atoms with Crippen molar-refractivity contribution in [1.29, 1.82) is 0 Å². The van der Waals surface area contributed by atoms with Crippen molar-refractivity contribution in [1.82, 2.24) is 5.16 Å². The van der Waals surface area contributed by atoms with Crippen LogP contribution in [0.2, 0.25) is 0 Å². The zero-order chi connectivity index (χ0) is 13.0. The van der Waals surface area contributed by atoms with Crippen LogP contribution in [-0.2, 0) is 16.1 Å². The van der Waals surface area contributed by atoms with Crippen molar-refractivity contribution in [3.05, 3.63) is 36.1 Å². The standard InChI is InChI=1S/C13H13NO4/c1-9(15)17-8-12-7-13(14-18-12)10-3-5-11(16-2)6-4-10/h3-7H,8H2,1-2H3. The lowest BCUT2D eigenvalue weighted by Crippen LogP contribution is -1.97. The maximum Gasteiger partial charge on any atom is 0.303 e. The Bertz CT molecular complexity index is 530. The summed E-state index contributed by atoms with van der Waals surface area (Å²) in [4.78, 5) is 10.7. The van der Waals surface area contributed by atoms with Gasteiger partial charge in [0.15, 0.2) is 12.4 Å². The van der Waals surface area contributed by atoms with Gasteiger partial charge in [0.1, 0.15) is 11.4 Å². The van der Waals surface area contributed by atoms with Gasteiger partial charge in [-0.15, -0.1) is 0 Å². The van der Waals surface area contributed by atoms with Gasteiger partial charge in [0.05, 0.1) is 7.11 Å². The first kappa shape index (κ1) is 12.2. The third-order valence-corrected chi connectivity index (χ3v) is 2.36. The molecule has 0 radical (unpaired) electrons. The van der Waals surface area contributed by atoms with Crippen LogP contribution in [0.1, 0.15) is 12.7 Å². The summed E-state index contributed by atoms with van der Waals surface area (Å²) in [5.41, 5.74) is 1.61. The minimum atomic E-state index is -0.350. The van der Waals surface area contributed by atoms with E-state index in [1.54, 1.807) is 13.2 Å². The molecule has 0 bridgehead atoms. The van der Waals surface area contributed by atoms with E-state index < -0.39 is 0 Å². The van der Waals surface area contributed by atoms with Gasteiger partial charge in [0.25, 0.3) is 0 Å². The highest BCUT2D eigenvalue weighted by atomic mass is 16.5. The molecule has 94 valence electrons. The van der Waals surface area contributed by atoms with Crippen molar-refractivity contribution >= 4 is 5.97 Å². The fraction of sp³-hybridized carbons (Fsp3) is 0.231. The fourth-order valence-electron chi connectivity index (χ4n) is 1.45. The smallest absolute Gasteiger partial charge is 0.303 e. The van der Waals surface area contributed by atoms with Gasteiger partial charge in [-0.05, 0) is 24.3 Å². The van der Waals surface area contributed by atoms with Gasteiger partial charge in [0, 0.05) is 18.6 Å². The van der Waals surface area contributed by atoms with E-state index >= 15 is 0 Å². The number of esters is 1. The van der Waals surface area contributed by atoms with E-state index in [1.165, 1.54) is 6.92 Å². The summed E-state index contributed by atoms with van der Waals surface area (Å²) in [6.45, 7) is 1.44. The predicted molar refractivity (Wildman–Crippen MR) is 64.0 cm³/mol. The number of nitrogens with zero attached hydrogens (tertiary/aromatic N) is 1. The highest BCUT2D eigenvalue weighted by Crippen LogP contribution is 2.22. The van der Waals surface area contributed by atoms with Crippen molar-refractivity contribution < 1.29 is 18.8 Å². The highest BCUT2D eigenvalue weighted by Gasteiger charge is 2.07. The lowest BCUT2D eigenvalue weighted by atomic mass is 10.1. The van der Waals surface area contributed by atoms with Crippen LogP contribution in [0.25, 0.3) is 11.3 Å². The second-order valence-electron chi connectivity index (χ2n) is 3.69. The Kier molecular flexibility index (Phi) is 3.62. The molecule has 1 heterocycles. The van der Waals surface area contributed by atoms with Gasteiger partial charge >= 0.3 is 5.97 Å². The van der Waals surface area contributed by atoms with Crippen LogP contribution < -0.4 is 4.74 Å². The predicted octanol–water partition coefficient (Wildman–Crippen LogP) is 2.41. The third kappa shape index (κ3) is 2.88. The molecule has 0 atom stereocenters. The molecule has 5 nitrogen and oxygen atoms in total. The topological polar surface area (TPSA) is 61.6 Å². The number of hydrogen-bond acceptors (Lipinski definition) is 5. The summed E-state index contributed by atoms with van der Waals surface area (Å²) in [7, 11) is 1.61. The molecule has 1 aromatic heterocycles. The number of aromatic nitrogens is 1. The minimum Gasteiger partial charge on any atom is -0.497 e. The zero-order valence-electron chi connectivity index (χ0n) is 10.2. The summed E-state index contributed by atoms with van der Waals surface area (Å²) in [5.74, 6) is 0.941. The Balaban J connectivity index is 2.10. The van der Waals surface area contributed by atoms with Crippen LogP contribution in [0.4, 0.5) is 0 Å². The van der Waals surface area contributed by atoms with Crippen LogP contribution in [0.3, 0.4) is 0 Å². The van der Waals surface area contributed by atoms with Crippen LogP contribution in [0, 0.1) is 0 Å². The van der Waals surface area contributed by atoms with Gasteiger partial charge in [-0.1, -0.05) is 5.16 Å². The zero-order valence-corrected chi connectivity index (χ0v) is 10.2. The fourth-order valence-corrected chi connectivity index (χ4v) is 1.45. The lowest BCUT2D eigenvalue weighted by Gasteiger charge is -1.99. The Morgan fingerprint density at radius 3 is 2.67 bits per heavy atom. The van der Waals surface area contributed by atoms with Crippen molar-refractivity contribution in [2.45, 2.75) is 13.5 Å². The van der Waals surface area contributed by atoms with Crippen molar-refractivity contribution in [3.8, 4) is 17.0 Å². The quantitative estimate of drug-likeness (QED) is 0.776. The minimum absolute atomic E-state index is 0.0957. The lowest BCUT2D eigenvalue weighted by molar-refractivity contribution is -0.142. The Hall–Kier alpha value is -2.30. The van der Waals surface area contributed by atoms with Gasteiger partial charge < -0.3 is 14.0 Å². The number of ether oxygens (including phenoxy) is 2. The Morgan fingerprint density at radius 2 is 2.06 bits per heavy atom. The molecule has 0 aliphatic rings. The maximum absolute atomic E-state index is 10.7. The molecule has 0 spiro atoms. The van der Waals surface area contributed by atoms with E-state index in [0.717, 1.165) is 11.3 Å². The molecule has 0 aliphatic heterocycles. The Labute approximate surface area is 104 Å². The number of benzene rings is 1. The van der Waals surface area contributed by atoms with E-state index in [1.807, 2.05) is 24.3 Å². The van der Waals surface area contributed by atoms with Crippen LogP contribution in [0.15, 0.2) is 34.9 Å². The van der Waals surface area contributed by atoms with Gasteiger partial charge in [-0.3, -0.25) is 4.79 Å². The normalized spacial score (nSPS) is 10.1. The molecule has 0 aliphatic carbocycles. The first-order valence-corrected chi connectivity index (χ1v) is 5.42. The van der Waals surface area contributed by atoms with E-state index in [-0.39, 0.29) is 12.6 Å².